The fourth-order valence-electron chi connectivity index (χ4n) is 1.41. The molecule has 5 nitrogen and oxygen atoms in total. The van der Waals surface area contributed by atoms with Crippen molar-refractivity contribution in [3.8, 4) is 0 Å². The first-order valence-corrected chi connectivity index (χ1v) is 5.74. The van der Waals surface area contributed by atoms with Crippen LogP contribution in [0.4, 0.5) is 11.5 Å². The molecule has 17 heavy (non-hydrogen) atoms. The van der Waals surface area contributed by atoms with Gasteiger partial charge in [-0.3, -0.25) is 9.89 Å². The summed E-state index contributed by atoms with van der Waals surface area (Å²) in [6, 6.07) is 6.85. The Labute approximate surface area is 107 Å². The lowest BCUT2D eigenvalue weighted by Crippen LogP contribution is -2.14. The smallest absolute Gasteiger partial charge is 0.258 e. The average molecular weight is 295 g/mol. The van der Waals surface area contributed by atoms with E-state index in [9.17, 15) is 4.79 Å². The average Bonchev–Trinajstić information content (AvgIpc) is 2.63. The highest BCUT2D eigenvalue weighted by Crippen LogP contribution is 2.19. The van der Waals surface area contributed by atoms with Crippen LogP contribution < -0.4 is 11.1 Å². The topological polar surface area (TPSA) is 83.8 Å². The molecular weight excluding hydrogens is 284 g/mol. The molecule has 1 aromatic carbocycles. The molecule has 0 radical (unpaired) electrons. The van der Waals surface area contributed by atoms with Gasteiger partial charge in [0.15, 0.2) is 5.82 Å². The van der Waals surface area contributed by atoms with Crippen LogP contribution in [-0.2, 0) is 0 Å². The summed E-state index contributed by atoms with van der Waals surface area (Å²) < 4.78 is 0.835. The standard InChI is InChI=1S/C11H11BrN4O/c1-6-4-10(16-15-6)14-11(17)8-3-2-7(12)5-9(8)13/h2-5H,13H2,1H3,(H2,14,15,16,17). The van der Waals surface area contributed by atoms with Crippen molar-refractivity contribution >= 4 is 33.3 Å². The molecule has 0 saturated heterocycles. The van der Waals surface area contributed by atoms with Crippen LogP contribution in [0.5, 0.6) is 0 Å². The number of rotatable bonds is 2. The number of nitrogens with zero attached hydrogens (tertiary/aromatic N) is 1. The van der Waals surface area contributed by atoms with Crippen LogP contribution in [0.25, 0.3) is 0 Å². The van der Waals surface area contributed by atoms with E-state index < -0.39 is 0 Å². The number of nitrogens with one attached hydrogen (secondary N) is 2. The zero-order valence-electron chi connectivity index (χ0n) is 9.12. The first-order chi connectivity index (χ1) is 8.06. The van der Waals surface area contributed by atoms with Gasteiger partial charge in [-0.2, -0.15) is 5.10 Å². The van der Waals surface area contributed by atoms with E-state index in [1.165, 1.54) is 0 Å². The number of amides is 1. The van der Waals surface area contributed by atoms with Gasteiger partial charge in [-0.15, -0.1) is 0 Å². The third kappa shape index (κ3) is 2.65. The number of aryl methyl sites for hydroxylation is 1. The molecule has 1 aromatic heterocycles. The second-order valence-corrected chi connectivity index (χ2v) is 4.54. The van der Waals surface area contributed by atoms with Crippen LogP contribution in [0.1, 0.15) is 16.1 Å². The van der Waals surface area contributed by atoms with Crippen molar-refractivity contribution in [2.24, 2.45) is 0 Å². The van der Waals surface area contributed by atoms with Crippen LogP contribution in [0, 0.1) is 6.92 Å². The Morgan fingerprint density at radius 3 is 2.82 bits per heavy atom. The van der Waals surface area contributed by atoms with E-state index in [1.807, 2.05) is 6.92 Å². The van der Waals surface area contributed by atoms with Crippen LogP contribution in [0.15, 0.2) is 28.7 Å². The van der Waals surface area contributed by atoms with Crippen molar-refractivity contribution < 1.29 is 4.79 Å². The maximum absolute atomic E-state index is 11.9. The number of hydrogen-bond acceptors (Lipinski definition) is 3. The van der Waals surface area contributed by atoms with Gasteiger partial charge in [-0.1, -0.05) is 15.9 Å². The Hall–Kier alpha value is -1.82. The van der Waals surface area contributed by atoms with E-state index in [0.29, 0.717) is 17.1 Å². The molecule has 0 aliphatic carbocycles. The molecule has 88 valence electrons. The number of nitrogens with two attached hydrogens (primary N) is 1. The van der Waals surface area contributed by atoms with Crippen molar-refractivity contribution in [2.75, 3.05) is 11.1 Å². The maximum Gasteiger partial charge on any atom is 0.258 e. The van der Waals surface area contributed by atoms with Crippen LogP contribution in [-0.4, -0.2) is 16.1 Å². The van der Waals surface area contributed by atoms with Gasteiger partial charge >= 0.3 is 0 Å². The SMILES string of the molecule is Cc1cc(NC(=O)c2ccc(Br)cc2N)n[nH]1. The quantitative estimate of drug-likeness (QED) is 0.743. The monoisotopic (exact) mass is 294 g/mol. The van der Waals surface area contributed by atoms with Gasteiger partial charge in [0.2, 0.25) is 0 Å². The molecule has 6 heteroatoms. The summed E-state index contributed by atoms with van der Waals surface area (Å²) in [7, 11) is 0. The molecule has 0 bridgehead atoms. The van der Waals surface area contributed by atoms with Crippen LogP contribution in [0.2, 0.25) is 0 Å². The summed E-state index contributed by atoms with van der Waals surface area (Å²) in [6.07, 6.45) is 0. The normalized spacial score (nSPS) is 10.2. The second kappa shape index (κ2) is 4.58. The number of nitrogen functional groups attached to an aromatic ring is 1. The molecule has 0 aliphatic rings. The van der Waals surface area contributed by atoms with Crippen LogP contribution >= 0.6 is 15.9 Å². The summed E-state index contributed by atoms with van der Waals surface area (Å²) in [5.74, 6) is 0.205. The molecule has 0 spiro atoms. The minimum Gasteiger partial charge on any atom is -0.398 e. The number of anilines is 2. The summed E-state index contributed by atoms with van der Waals surface area (Å²) in [4.78, 5) is 11.9. The lowest BCUT2D eigenvalue weighted by molar-refractivity contribution is 0.102. The first kappa shape index (κ1) is 11.7. The van der Waals surface area contributed by atoms with Gasteiger partial charge in [-0.05, 0) is 25.1 Å². The Kier molecular flexibility index (Phi) is 3.14. The number of aromatic nitrogens is 2. The molecule has 0 fully saturated rings. The van der Waals surface area contributed by atoms with Gasteiger partial charge < -0.3 is 11.1 Å². The Balaban J connectivity index is 2.20. The van der Waals surface area contributed by atoms with E-state index in [2.05, 4.69) is 31.4 Å². The highest BCUT2D eigenvalue weighted by molar-refractivity contribution is 9.10. The molecule has 0 aliphatic heterocycles. The van der Waals surface area contributed by atoms with Gasteiger partial charge in [0.25, 0.3) is 5.91 Å². The summed E-state index contributed by atoms with van der Waals surface area (Å²) in [5, 5.41) is 9.33. The first-order valence-electron chi connectivity index (χ1n) is 4.94. The van der Waals surface area contributed by atoms with E-state index in [-0.39, 0.29) is 5.91 Å². The Morgan fingerprint density at radius 1 is 1.47 bits per heavy atom. The van der Waals surface area contributed by atoms with Crippen LogP contribution in [0.3, 0.4) is 0 Å². The molecule has 1 heterocycles. The van der Waals surface area contributed by atoms with Crippen molar-refractivity contribution in [1.29, 1.82) is 0 Å². The minimum absolute atomic E-state index is 0.276. The molecule has 0 atom stereocenters. The van der Waals surface area contributed by atoms with E-state index in [1.54, 1.807) is 24.3 Å². The lowest BCUT2D eigenvalue weighted by Gasteiger charge is -2.05. The largest absolute Gasteiger partial charge is 0.398 e. The molecule has 2 aromatic rings. The lowest BCUT2D eigenvalue weighted by atomic mass is 10.1. The zero-order valence-corrected chi connectivity index (χ0v) is 10.7. The van der Waals surface area contributed by atoms with E-state index in [0.717, 1.165) is 10.2 Å². The summed E-state index contributed by atoms with van der Waals surface area (Å²) in [6.45, 7) is 1.86. The highest BCUT2D eigenvalue weighted by Gasteiger charge is 2.11. The number of halogens is 1. The predicted octanol–water partition coefficient (Wildman–Crippen LogP) is 2.32. The Morgan fingerprint density at radius 2 is 2.24 bits per heavy atom. The van der Waals surface area contributed by atoms with E-state index >= 15 is 0 Å². The van der Waals surface area contributed by atoms with Gasteiger partial charge in [0, 0.05) is 21.9 Å². The van der Waals surface area contributed by atoms with Crippen molar-refractivity contribution in [3.63, 3.8) is 0 Å². The van der Waals surface area contributed by atoms with Gasteiger partial charge in [0.05, 0.1) is 5.56 Å². The number of carbonyl (C=O) groups excluding carboxylic acids is 1. The van der Waals surface area contributed by atoms with Crippen molar-refractivity contribution in [2.45, 2.75) is 6.92 Å². The number of carbonyl (C=O) groups is 1. The zero-order chi connectivity index (χ0) is 12.4. The van der Waals surface area contributed by atoms with Gasteiger partial charge in [-0.25, -0.2) is 0 Å². The second-order valence-electron chi connectivity index (χ2n) is 3.62. The maximum atomic E-state index is 11.9. The molecule has 2 rings (SSSR count). The summed E-state index contributed by atoms with van der Waals surface area (Å²) in [5.41, 5.74) is 7.49. The third-order valence-electron chi connectivity index (χ3n) is 2.21. The fourth-order valence-corrected chi connectivity index (χ4v) is 1.78. The van der Waals surface area contributed by atoms with Crippen molar-refractivity contribution in [3.05, 3.63) is 40.0 Å². The summed E-state index contributed by atoms with van der Waals surface area (Å²) >= 11 is 3.29. The van der Waals surface area contributed by atoms with Crippen molar-refractivity contribution in [1.82, 2.24) is 10.2 Å². The third-order valence-corrected chi connectivity index (χ3v) is 2.70. The van der Waals surface area contributed by atoms with Gasteiger partial charge in [0.1, 0.15) is 0 Å². The molecule has 0 saturated carbocycles. The number of hydrogen-bond donors (Lipinski definition) is 3. The molecule has 1 amide bonds. The number of H-pyrrole nitrogens is 1. The number of aromatic amines is 1. The molecule has 4 N–H and O–H groups in total. The molecule has 0 unspecified atom stereocenters. The Bertz CT molecular complexity index is 564. The highest BCUT2D eigenvalue weighted by atomic mass is 79.9. The fraction of sp³-hybridized carbons (Fsp3) is 0.0909. The molecular formula is C11H11BrN4O. The minimum atomic E-state index is -0.276. The van der Waals surface area contributed by atoms with E-state index in [4.69, 9.17) is 5.73 Å². The number of benzene rings is 1. The predicted molar refractivity (Wildman–Crippen MR) is 69.8 cm³/mol.